The van der Waals surface area contributed by atoms with Gasteiger partial charge in [0.15, 0.2) is 0 Å². The number of carbonyl (C=O) groups excluding carboxylic acids is 2. The molecule has 3 nitrogen and oxygen atoms in total. The zero-order chi connectivity index (χ0) is 8.55. The molecule has 1 aliphatic heterocycles. The molecule has 1 saturated carbocycles. The summed E-state index contributed by atoms with van der Waals surface area (Å²) in [6.45, 7) is 0. The summed E-state index contributed by atoms with van der Waals surface area (Å²) in [5.74, 6) is -0.303. The van der Waals surface area contributed by atoms with Gasteiger partial charge >= 0.3 is 11.9 Å². The molecule has 0 amide bonds. The summed E-state index contributed by atoms with van der Waals surface area (Å²) in [6, 6.07) is 0. The molecule has 3 heteroatoms. The summed E-state index contributed by atoms with van der Waals surface area (Å²) in [6.07, 6.45) is 4.64. The predicted molar refractivity (Wildman–Crippen MR) is 41.2 cm³/mol. The average molecular weight is 168 g/mol. The maximum Gasteiger partial charge on any atom is 0.316 e. The van der Waals surface area contributed by atoms with E-state index in [2.05, 4.69) is 4.74 Å². The number of cyclic esters (lactones) is 2. The van der Waals surface area contributed by atoms with Crippen molar-refractivity contribution in [2.45, 2.75) is 32.1 Å². The highest BCUT2D eigenvalue weighted by molar-refractivity contribution is 5.90. The maximum absolute atomic E-state index is 11.2. The van der Waals surface area contributed by atoms with Gasteiger partial charge in [-0.2, -0.15) is 0 Å². The van der Waals surface area contributed by atoms with Crippen molar-refractivity contribution in [2.24, 2.45) is 11.8 Å². The lowest BCUT2D eigenvalue weighted by Gasteiger charge is -2.32. The summed E-state index contributed by atoms with van der Waals surface area (Å²) >= 11 is 0. The first-order valence-corrected chi connectivity index (χ1v) is 4.52. The molecule has 0 aromatic rings. The Bertz CT molecular complexity index is 222. The van der Waals surface area contributed by atoms with Crippen LogP contribution in [0, 0.1) is 11.8 Å². The van der Waals surface area contributed by atoms with Gasteiger partial charge in [0.1, 0.15) is 0 Å². The maximum atomic E-state index is 11.2. The second-order valence-electron chi connectivity index (χ2n) is 3.65. The molecule has 2 fully saturated rings. The number of ether oxygens (including phenoxy) is 1. The average Bonchev–Trinajstić information content (AvgIpc) is 2.04. The van der Waals surface area contributed by atoms with Crippen molar-refractivity contribution in [1.29, 1.82) is 0 Å². The van der Waals surface area contributed by atoms with E-state index in [4.69, 9.17) is 0 Å². The van der Waals surface area contributed by atoms with Gasteiger partial charge in [-0.25, -0.2) is 0 Å². The minimum Gasteiger partial charge on any atom is -0.393 e. The van der Waals surface area contributed by atoms with Gasteiger partial charge in [0.25, 0.3) is 0 Å². The predicted octanol–water partition coefficient (Wildman–Crippen LogP) is 1.27. The van der Waals surface area contributed by atoms with Gasteiger partial charge in [0.2, 0.25) is 0 Å². The van der Waals surface area contributed by atoms with Crippen LogP contribution in [0.4, 0.5) is 0 Å². The zero-order valence-electron chi connectivity index (χ0n) is 6.91. The monoisotopic (exact) mass is 168 g/mol. The molecule has 2 unspecified atom stereocenters. The Morgan fingerprint density at radius 1 is 1.17 bits per heavy atom. The highest BCUT2D eigenvalue weighted by atomic mass is 16.6. The summed E-state index contributed by atoms with van der Waals surface area (Å²) in [5.41, 5.74) is 0. The summed E-state index contributed by atoms with van der Waals surface area (Å²) in [5, 5.41) is 0. The lowest BCUT2D eigenvalue weighted by atomic mass is 9.76. The van der Waals surface area contributed by atoms with Gasteiger partial charge in [-0.15, -0.1) is 0 Å². The SMILES string of the molecule is O=C1CC2CCCCC2C(=O)O1. The van der Waals surface area contributed by atoms with Crippen LogP contribution in [0.1, 0.15) is 32.1 Å². The fourth-order valence-electron chi connectivity index (χ4n) is 2.21. The van der Waals surface area contributed by atoms with Crippen LogP contribution in [0.5, 0.6) is 0 Å². The molecule has 2 aliphatic rings. The van der Waals surface area contributed by atoms with Gasteiger partial charge in [-0.3, -0.25) is 9.59 Å². The van der Waals surface area contributed by atoms with E-state index in [1.165, 1.54) is 0 Å². The standard InChI is InChI=1S/C9H12O3/c10-8-5-6-3-1-2-4-7(6)9(11)12-8/h6-7H,1-5H2. The first-order valence-electron chi connectivity index (χ1n) is 4.52. The zero-order valence-corrected chi connectivity index (χ0v) is 6.91. The first-order chi connectivity index (χ1) is 5.77. The van der Waals surface area contributed by atoms with Gasteiger partial charge in [-0.05, 0) is 18.8 Å². The van der Waals surface area contributed by atoms with E-state index in [0.29, 0.717) is 6.42 Å². The normalized spacial score (nSPS) is 35.7. The quantitative estimate of drug-likeness (QED) is 0.404. The topological polar surface area (TPSA) is 43.4 Å². The van der Waals surface area contributed by atoms with E-state index in [9.17, 15) is 9.59 Å². The van der Waals surface area contributed by atoms with Crippen LogP contribution in [-0.2, 0) is 14.3 Å². The first kappa shape index (κ1) is 7.77. The number of carbonyl (C=O) groups is 2. The summed E-state index contributed by atoms with van der Waals surface area (Å²) in [7, 11) is 0. The van der Waals surface area contributed by atoms with Gasteiger partial charge in [-0.1, -0.05) is 12.8 Å². The molecule has 66 valence electrons. The highest BCUT2D eigenvalue weighted by Gasteiger charge is 2.38. The largest absolute Gasteiger partial charge is 0.393 e. The van der Waals surface area contributed by atoms with Gasteiger partial charge < -0.3 is 4.74 Å². The van der Waals surface area contributed by atoms with Crippen molar-refractivity contribution < 1.29 is 14.3 Å². The fourth-order valence-corrected chi connectivity index (χ4v) is 2.21. The minimum absolute atomic E-state index is 0.0245. The number of esters is 2. The Kier molecular flexibility index (Phi) is 1.87. The molecule has 2 atom stereocenters. The van der Waals surface area contributed by atoms with Gasteiger partial charge in [0, 0.05) is 6.42 Å². The summed E-state index contributed by atoms with van der Waals surface area (Å²) < 4.78 is 4.58. The van der Waals surface area contributed by atoms with Crippen LogP contribution in [0.25, 0.3) is 0 Å². The Labute approximate surface area is 71.1 Å². The van der Waals surface area contributed by atoms with E-state index in [-0.39, 0.29) is 23.8 Å². The molecule has 12 heavy (non-hydrogen) atoms. The fraction of sp³-hybridized carbons (Fsp3) is 0.778. The third-order valence-corrected chi connectivity index (χ3v) is 2.86. The van der Waals surface area contributed by atoms with Crippen LogP contribution < -0.4 is 0 Å². The van der Waals surface area contributed by atoms with Crippen molar-refractivity contribution in [1.82, 2.24) is 0 Å². The van der Waals surface area contributed by atoms with Crippen LogP contribution in [0.2, 0.25) is 0 Å². The highest BCUT2D eigenvalue weighted by Crippen LogP contribution is 2.36. The molecule has 2 rings (SSSR count). The number of rotatable bonds is 0. The number of hydrogen-bond donors (Lipinski definition) is 0. The molecular weight excluding hydrogens is 156 g/mol. The Hall–Kier alpha value is -0.860. The van der Waals surface area contributed by atoms with Crippen LogP contribution in [0.3, 0.4) is 0 Å². The van der Waals surface area contributed by atoms with Crippen molar-refractivity contribution >= 4 is 11.9 Å². The van der Waals surface area contributed by atoms with E-state index < -0.39 is 0 Å². The second-order valence-corrected chi connectivity index (χ2v) is 3.65. The number of hydrogen-bond acceptors (Lipinski definition) is 3. The van der Waals surface area contributed by atoms with E-state index in [0.717, 1.165) is 25.7 Å². The van der Waals surface area contributed by atoms with Gasteiger partial charge in [0.05, 0.1) is 5.92 Å². The van der Waals surface area contributed by atoms with Crippen LogP contribution in [-0.4, -0.2) is 11.9 Å². The molecule has 0 radical (unpaired) electrons. The molecular formula is C9H12O3. The van der Waals surface area contributed by atoms with Crippen LogP contribution >= 0.6 is 0 Å². The third-order valence-electron chi connectivity index (χ3n) is 2.86. The van der Waals surface area contributed by atoms with Crippen LogP contribution in [0.15, 0.2) is 0 Å². The third kappa shape index (κ3) is 1.24. The lowest BCUT2D eigenvalue weighted by molar-refractivity contribution is -0.172. The Morgan fingerprint density at radius 2 is 1.92 bits per heavy atom. The van der Waals surface area contributed by atoms with Crippen molar-refractivity contribution in [3.8, 4) is 0 Å². The minimum atomic E-state index is -0.330. The lowest BCUT2D eigenvalue weighted by Crippen LogP contribution is -2.37. The van der Waals surface area contributed by atoms with Crippen molar-refractivity contribution in [3.05, 3.63) is 0 Å². The van der Waals surface area contributed by atoms with Crippen molar-refractivity contribution in [2.75, 3.05) is 0 Å². The molecule has 0 spiro atoms. The molecule has 0 N–H and O–H groups in total. The van der Waals surface area contributed by atoms with E-state index in [1.807, 2.05) is 0 Å². The Morgan fingerprint density at radius 3 is 2.75 bits per heavy atom. The molecule has 1 heterocycles. The van der Waals surface area contributed by atoms with E-state index >= 15 is 0 Å². The second kappa shape index (κ2) is 2.88. The molecule has 0 aromatic heterocycles. The Balaban J connectivity index is 2.11. The molecule has 1 saturated heterocycles. The molecule has 1 aliphatic carbocycles. The molecule has 0 bridgehead atoms. The van der Waals surface area contributed by atoms with E-state index in [1.54, 1.807) is 0 Å². The molecule has 0 aromatic carbocycles. The smallest absolute Gasteiger partial charge is 0.316 e. The number of fused-ring (bicyclic) bond motifs is 1. The summed E-state index contributed by atoms with van der Waals surface area (Å²) in [4.78, 5) is 22.1. The van der Waals surface area contributed by atoms with Crippen molar-refractivity contribution in [3.63, 3.8) is 0 Å².